The first-order valence-electron chi connectivity index (χ1n) is 8.44. The van der Waals surface area contributed by atoms with Crippen molar-refractivity contribution in [3.63, 3.8) is 0 Å². The molecule has 0 radical (unpaired) electrons. The molecular weight excluding hydrogens is 383 g/mol. The van der Waals surface area contributed by atoms with Gasteiger partial charge in [-0.05, 0) is 38.1 Å². The molecule has 6 nitrogen and oxygen atoms in total. The van der Waals surface area contributed by atoms with Crippen LogP contribution >= 0.6 is 11.6 Å². The number of benzene rings is 2. The van der Waals surface area contributed by atoms with Crippen LogP contribution in [-0.2, 0) is 0 Å². The average molecular weight is 401 g/mol. The molecule has 3 aromatic rings. The van der Waals surface area contributed by atoms with Gasteiger partial charge < -0.3 is 10.2 Å². The lowest BCUT2D eigenvalue weighted by Gasteiger charge is -2.13. The van der Waals surface area contributed by atoms with Crippen LogP contribution in [0.2, 0.25) is 5.02 Å². The topological polar surface area (TPSA) is 75.2 Å². The van der Waals surface area contributed by atoms with E-state index in [-0.39, 0.29) is 16.5 Å². The molecule has 0 spiro atoms. The average Bonchev–Trinajstić information content (AvgIpc) is 2.62. The van der Waals surface area contributed by atoms with Crippen LogP contribution in [-0.4, -0.2) is 40.8 Å². The molecule has 0 aliphatic rings. The molecule has 1 N–H and O–H groups in total. The first kappa shape index (κ1) is 19.7. The summed E-state index contributed by atoms with van der Waals surface area (Å²) >= 11 is 6.18. The molecule has 0 aliphatic heterocycles. The van der Waals surface area contributed by atoms with Crippen LogP contribution in [0.5, 0.6) is 0 Å². The van der Waals surface area contributed by atoms with Gasteiger partial charge in [-0.15, -0.1) is 0 Å². The summed E-state index contributed by atoms with van der Waals surface area (Å²) in [6.45, 7) is 3.54. The molecule has 28 heavy (non-hydrogen) atoms. The van der Waals surface area contributed by atoms with E-state index in [0.717, 1.165) is 6.07 Å². The summed E-state index contributed by atoms with van der Waals surface area (Å²) in [5.74, 6) is -1.38. The lowest BCUT2D eigenvalue weighted by molar-refractivity contribution is 0.0827. The fraction of sp³-hybridized carbons (Fsp3) is 0.200. The molecule has 2 aromatic carbocycles. The number of anilines is 1. The Morgan fingerprint density at radius 3 is 2.36 bits per heavy atom. The van der Waals surface area contributed by atoms with Crippen molar-refractivity contribution >= 4 is 40.1 Å². The van der Waals surface area contributed by atoms with Crippen LogP contribution in [0.15, 0.2) is 30.3 Å². The van der Waals surface area contributed by atoms with Gasteiger partial charge in [-0.25, -0.2) is 14.4 Å². The molecule has 3 rings (SSSR count). The van der Waals surface area contributed by atoms with E-state index in [1.807, 2.05) is 0 Å². The Labute approximate surface area is 166 Å². The van der Waals surface area contributed by atoms with Gasteiger partial charge in [0.15, 0.2) is 0 Å². The molecule has 1 heterocycles. The summed E-state index contributed by atoms with van der Waals surface area (Å²) in [5.41, 5.74) is 2.69. The molecule has 1 aromatic heterocycles. The third-order valence-electron chi connectivity index (χ3n) is 4.25. The second-order valence-corrected chi connectivity index (χ2v) is 6.97. The Balaban J connectivity index is 1.97. The van der Waals surface area contributed by atoms with Gasteiger partial charge in [0, 0.05) is 25.8 Å². The van der Waals surface area contributed by atoms with E-state index in [0.29, 0.717) is 33.7 Å². The third kappa shape index (κ3) is 3.80. The van der Waals surface area contributed by atoms with Gasteiger partial charge >= 0.3 is 0 Å². The Morgan fingerprint density at radius 1 is 1.04 bits per heavy atom. The molecular formula is C20H18ClFN4O2. The standard InChI is InChI=1S/C20H18ClFN4O2/c1-10-11(2)24-18-15(7-12(22)8-17(18)23-10)19(27)25-13-5-6-14(16(21)9-13)20(28)26(3)4/h5-9H,1-4H3,(H,25,27). The Kier molecular flexibility index (Phi) is 5.29. The minimum Gasteiger partial charge on any atom is -0.345 e. The second kappa shape index (κ2) is 7.52. The number of aromatic nitrogens is 2. The van der Waals surface area contributed by atoms with Gasteiger partial charge in [0.2, 0.25) is 0 Å². The zero-order chi connectivity index (χ0) is 20.6. The van der Waals surface area contributed by atoms with Crippen molar-refractivity contribution < 1.29 is 14.0 Å². The number of carbonyl (C=O) groups is 2. The zero-order valence-corrected chi connectivity index (χ0v) is 16.6. The van der Waals surface area contributed by atoms with Crippen molar-refractivity contribution in [2.75, 3.05) is 19.4 Å². The maximum atomic E-state index is 14.0. The number of amides is 2. The molecule has 144 valence electrons. The van der Waals surface area contributed by atoms with E-state index in [9.17, 15) is 14.0 Å². The molecule has 0 aliphatic carbocycles. The lowest BCUT2D eigenvalue weighted by Crippen LogP contribution is -2.22. The van der Waals surface area contributed by atoms with Crippen molar-refractivity contribution in [1.29, 1.82) is 0 Å². The van der Waals surface area contributed by atoms with Gasteiger partial charge in [-0.2, -0.15) is 0 Å². The predicted octanol–water partition coefficient (Wildman–Crippen LogP) is 3.99. The molecule has 0 bridgehead atoms. The number of rotatable bonds is 3. The van der Waals surface area contributed by atoms with E-state index in [1.54, 1.807) is 34.0 Å². The first-order valence-corrected chi connectivity index (χ1v) is 8.82. The highest BCUT2D eigenvalue weighted by Crippen LogP contribution is 2.24. The minimum absolute atomic E-state index is 0.0650. The molecule has 0 atom stereocenters. The molecule has 0 saturated heterocycles. The third-order valence-corrected chi connectivity index (χ3v) is 4.57. The number of carbonyl (C=O) groups excluding carboxylic acids is 2. The number of nitrogens with zero attached hydrogens (tertiary/aromatic N) is 3. The number of halogens is 2. The van der Waals surface area contributed by atoms with Crippen LogP contribution < -0.4 is 5.32 Å². The zero-order valence-electron chi connectivity index (χ0n) is 15.8. The van der Waals surface area contributed by atoms with Crippen molar-refractivity contribution in [3.8, 4) is 0 Å². The van der Waals surface area contributed by atoms with Crippen molar-refractivity contribution in [3.05, 3.63) is 63.7 Å². The maximum Gasteiger partial charge on any atom is 0.258 e. The Bertz CT molecular complexity index is 1120. The summed E-state index contributed by atoms with van der Waals surface area (Å²) in [5, 5.41) is 2.87. The van der Waals surface area contributed by atoms with Crippen LogP contribution in [0.1, 0.15) is 32.1 Å². The summed E-state index contributed by atoms with van der Waals surface area (Å²) in [6.07, 6.45) is 0. The quantitative estimate of drug-likeness (QED) is 0.721. The SMILES string of the molecule is Cc1nc2cc(F)cc(C(=O)Nc3ccc(C(=O)N(C)C)c(Cl)c3)c2nc1C. The fourth-order valence-electron chi connectivity index (χ4n) is 2.68. The van der Waals surface area contributed by atoms with E-state index >= 15 is 0 Å². The monoisotopic (exact) mass is 400 g/mol. The van der Waals surface area contributed by atoms with Crippen LogP contribution in [0, 0.1) is 19.7 Å². The Hall–Kier alpha value is -3.06. The number of hydrogen-bond acceptors (Lipinski definition) is 4. The van der Waals surface area contributed by atoms with Crippen molar-refractivity contribution in [1.82, 2.24) is 14.9 Å². The fourth-order valence-corrected chi connectivity index (χ4v) is 2.94. The highest BCUT2D eigenvalue weighted by Gasteiger charge is 2.17. The van der Waals surface area contributed by atoms with Crippen molar-refractivity contribution in [2.45, 2.75) is 13.8 Å². The summed E-state index contributed by atoms with van der Waals surface area (Å²) in [6, 6.07) is 6.91. The van der Waals surface area contributed by atoms with Gasteiger partial charge in [0.25, 0.3) is 11.8 Å². The van der Waals surface area contributed by atoms with Crippen molar-refractivity contribution in [2.24, 2.45) is 0 Å². The highest BCUT2D eigenvalue weighted by molar-refractivity contribution is 6.34. The van der Waals surface area contributed by atoms with Crippen LogP contribution in [0.3, 0.4) is 0 Å². The Morgan fingerprint density at radius 2 is 1.71 bits per heavy atom. The van der Waals surface area contributed by atoms with E-state index < -0.39 is 11.7 Å². The van der Waals surface area contributed by atoms with E-state index in [4.69, 9.17) is 11.6 Å². The highest BCUT2D eigenvalue weighted by atomic mass is 35.5. The van der Waals surface area contributed by atoms with Gasteiger partial charge in [-0.3, -0.25) is 9.59 Å². The molecule has 0 saturated carbocycles. The summed E-state index contributed by atoms with van der Waals surface area (Å²) in [7, 11) is 3.24. The summed E-state index contributed by atoms with van der Waals surface area (Å²) in [4.78, 5) is 34.9. The number of hydrogen-bond donors (Lipinski definition) is 1. The number of fused-ring (bicyclic) bond motifs is 1. The second-order valence-electron chi connectivity index (χ2n) is 6.56. The molecule has 2 amide bonds. The maximum absolute atomic E-state index is 14.0. The van der Waals surface area contributed by atoms with Gasteiger partial charge in [0.1, 0.15) is 11.3 Å². The van der Waals surface area contributed by atoms with Gasteiger partial charge in [0.05, 0.1) is 33.1 Å². The molecule has 0 fully saturated rings. The van der Waals surface area contributed by atoms with E-state index in [2.05, 4.69) is 15.3 Å². The molecule has 0 unspecified atom stereocenters. The summed E-state index contributed by atoms with van der Waals surface area (Å²) < 4.78 is 14.0. The first-order chi connectivity index (χ1) is 13.2. The largest absolute Gasteiger partial charge is 0.345 e. The number of aryl methyl sites for hydroxylation is 2. The normalized spacial score (nSPS) is 10.8. The van der Waals surface area contributed by atoms with Crippen LogP contribution in [0.25, 0.3) is 11.0 Å². The predicted molar refractivity (Wildman–Crippen MR) is 106 cm³/mol. The van der Waals surface area contributed by atoms with Gasteiger partial charge in [-0.1, -0.05) is 11.6 Å². The lowest BCUT2D eigenvalue weighted by atomic mass is 10.1. The number of nitrogens with one attached hydrogen (secondary N) is 1. The van der Waals surface area contributed by atoms with E-state index in [1.165, 1.54) is 23.1 Å². The molecule has 8 heteroatoms. The smallest absolute Gasteiger partial charge is 0.258 e. The van der Waals surface area contributed by atoms with Crippen LogP contribution in [0.4, 0.5) is 10.1 Å². The minimum atomic E-state index is -0.583.